The van der Waals surface area contributed by atoms with Gasteiger partial charge in [0.25, 0.3) is 0 Å². The Morgan fingerprint density at radius 3 is 1.75 bits per heavy atom. The fourth-order valence-corrected chi connectivity index (χ4v) is 1.11. The van der Waals surface area contributed by atoms with Crippen LogP contribution >= 0.6 is 18.5 Å². The van der Waals surface area contributed by atoms with Gasteiger partial charge in [-0.1, -0.05) is 39.3 Å². The van der Waals surface area contributed by atoms with Crippen molar-refractivity contribution in [2.24, 2.45) is 5.92 Å². The van der Waals surface area contributed by atoms with Crippen molar-refractivity contribution in [2.45, 2.75) is 33.1 Å². The van der Waals surface area contributed by atoms with Crippen LogP contribution in [0.2, 0.25) is 0 Å². The van der Waals surface area contributed by atoms with Crippen LogP contribution in [0.1, 0.15) is 33.1 Å². The number of unbranched alkanes of at least 4 members (excludes halogenated alkanes) is 1. The van der Waals surface area contributed by atoms with Crippen LogP contribution in [0.5, 0.6) is 0 Å². The Balaban J connectivity index is -0.000000126. The molecule has 0 spiro atoms. The average Bonchev–Trinajstić information content (AvgIpc) is 2.06. The van der Waals surface area contributed by atoms with Gasteiger partial charge < -0.3 is 6.92 Å². The van der Waals surface area contributed by atoms with E-state index in [1.165, 1.54) is 25.4 Å². The summed E-state index contributed by atoms with van der Waals surface area (Å²) in [6, 6.07) is 0. The molecule has 0 saturated carbocycles. The Labute approximate surface area is 109 Å². The van der Waals surface area contributed by atoms with Gasteiger partial charge in [0.1, 0.15) is 0 Å². The topological polar surface area (TPSA) is 0 Å². The molecule has 0 aliphatic rings. The molecule has 0 aliphatic heterocycles. The third-order valence-electron chi connectivity index (χ3n) is 1.47. The van der Waals surface area contributed by atoms with Crippen molar-refractivity contribution in [3.05, 3.63) is 6.92 Å². The molecule has 0 bridgehead atoms. The molecule has 0 aromatic heterocycles. The van der Waals surface area contributed by atoms with E-state index in [2.05, 4.69) is 39.3 Å². The summed E-state index contributed by atoms with van der Waals surface area (Å²) in [6.45, 7) is 8.21. The second kappa shape index (κ2) is 18.7. The van der Waals surface area contributed by atoms with Crippen molar-refractivity contribution >= 4 is 18.5 Å². The van der Waals surface area contributed by atoms with Crippen LogP contribution in [-0.4, -0.2) is 12.3 Å². The molecule has 3 unspecified atom stereocenters. The van der Waals surface area contributed by atoms with Crippen molar-refractivity contribution in [1.29, 1.82) is 0 Å². The second-order valence-corrected chi connectivity index (χ2v) is 3.70. The smallest absolute Gasteiger partial charge is 0 e. The first-order valence-corrected chi connectivity index (χ1v) is 6.09. The summed E-state index contributed by atoms with van der Waals surface area (Å²) in [5.74, 6) is 0.648. The molecule has 0 aromatic carbocycles. The van der Waals surface area contributed by atoms with E-state index in [0.717, 1.165) is 6.16 Å². The molecule has 3 heteroatoms. The Hall–Kier alpha value is 1.96. The van der Waals surface area contributed by atoms with Gasteiger partial charge in [-0.3, -0.25) is 0 Å². The molecule has 12 heavy (non-hydrogen) atoms. The first-order valence-electron chi connectivity index (χ1n) is 4.46. The third kappa shape index (κ3) is 22.7. The summed E-state index contributed by atoms with van der Waals surface area (Å²) in [5, 5.41) is 0. The van der Waals surface area contributed by atoms with Crippen molar-refractivity contribution in [1.82, 2.24) is 0 Å². The largest absolute Gasteiger partial charge is 0.340 e. The van der Waals surface area contributed by atoms with Crippen LogP contribution in [0.4, 0.5) is 0 Å². The zero-order valence-electron chi connectivity index (χ0n) is 8.55. The van der Waals surface area contributed by atoms with Crippen molar-refractivity contribution in [2.75, 3.05) is 12.3 Å². The van der Waals surface area contributed by atoms with Gasteiger partial charge in [-0.25, -0.2) is 0 Å². The van der Waals surface area contributed by atoms with Gasteiger partial charge in [0.15, 0.2) is 0 Å². The molecular weight excluding hydrogens is 259 g/mol. The molecule has 0 amide bonds. The zero-order chi connectivity index (χ0) is 9.11. The van der Waals surface area contributed by atoms with Crippen molar-refractivity contribution in [3.63, 3.8) is 0 Å². The molecule has 0 aliphatic carbocycles. The first-order chi connectivity index (χ1) is 5.22. The van der Waals surface area contributed by atoms with Crippen LogP contribution < -0.4 is 0 Å². The summed E-state index contributed by atoms with van der Waals surface area (Å²) in [7, 11) is 5.38. The van der Waals surface area contributed by atoms with Gasteiger partial charge in [0.05, 0.1) is 0 Å². The van der Waals surface area contributed by atoms with E-state index in [1.54, 1.807) is 0 Å². The monoisotopic (exact) mass is 282 g/mol. The van der Waals surface area contributed by atoms with Crippen LogP contribution in [0.3, 0.4) is 0 Å². The van der Waals surface area contributed by atoms with E-state index in [9.17, 15) is 0 Å². The molecule has 3 atom stereocenters. The van der Waals surface area contributed by atoms with Gasteiger partial charge in [-0.15, -0.1) is 18.5 Å². The molecule has 0 N–H and O–H groups in total. The van der Waals surface area contributed by atoms with Crippen LogP contribution in [0.25, 0.3) is 0 Å². The molecule has 1 radical (unpaired) electrons. The van der Waals surface area contributed by atoms with Crippen molar-refractivity contribution < 1.29 is 32.7 Å². The number of hydrogen-bond acceptors (Lipinski definition) is 0. The third-order valence-corrected chi connectivity index (χ3v) is 2.54. The van der Waals surface area contributed by atoms with Crippen LogP contribution in [0.15, 0.2) is 0 Å². The van der Waals surface area contributed by atoms with Gasteiger partial charge in [-0.2, -0.15) is 5.92 Å². The van der Waals surface area contributed by atoms with Gasteiger partial charge >= 0.3 is 0 Å². The zero-order valence-corrected chi connectivity index (χ0v) is 13.7. The van der Waals surface area contributed by atoms with Crippen molar-refractivity contribution in [3.8, 4) is 0 Å². The molecule has 73 valence electrons. The molecule has 0 fully saturated rings. The van der Waals surface area contributed by atoms with Gasteiger partial charge in [0, 0.05) is 32.7 Å². The first kappa shape index (κ1) is 19.5. The predicted octanol–water partition coefficient (Wildman–Crippen LogP) is 3.38. The standard InChI is InChI=1S/C5H12P.C4H11P.Y/c1-3-5(2)4-6;1-2-3-4-5;/h5H,2-4,6H2,1H3;2-5H2,1H3;/q-1;;. The predicted molar refractivity (Wildman–Crippen MR) is 63.2 cm³/mol. The minimum absolute atomic E-state index is 0. The molecule has 0 rings (SSSR count). The minimum atomic E-state index is 0. The maximum atomic E-state index is 3.85. The normalized spacial score (nSPS) is 10.8. The summed E-state index contributed by atoms with van der Waals surface area (Å²) in [4.78, 5) is 0. The summed E-state index contributed by atoms with van der Waals surface area (Å²) >= 11 is 0. The van der Waals surface area contributed by atoms with E-state index >= 15 is 0 Å². The van der Waals surface area contributed by atoms with Gasteiger partial charge in [0.2, 0.25) is 0 Å². The molecule has 0 saturated heterocycles. The summed E-state index contributed by atoms with van der Waals surface area (Å²) < 4.78 is 0. The fourth-order valence-electron chi connectivity index (χ4n) is 0.371. The molecule has 0 heterocycles. The maximum Gasteiger partial charge on any atom is 0 e. The quantitative estimate of drug-likeness (QED) is 0.548. The molecular formula is C9H23P2Y-. The Morgan fingerprint density at radius 1 is 1.25 bits per heavy atom. The SMILES string of the molecule is CCCCP.[CH2-]C(CC)CP.[Y]. The van der Waals surface area contributed by atoms with E-state index in [1.807, 2.05) is 0 Å². The summed E-state index contributed by atoms with van der Waals surface area (Å²) in [5.41, 5.74) is 0. The average molecular weight is 282 g/mol. The summed E-state index contributed by atoms with van der Waals surface area (Å²) in [6.07, 6.45) is 6.27. The minimum Gasteiger partial charge on any atom is -0.340 e. The Kier molecular flexibility index (Phi) is 30.4. The number of hydrogen-bond donors (Lipinski definition) is 0. The van der Waals surface area contributed by atoms with E-state index < -0.39 is 0 Å². The van der Waals surface area contributed by atoms with Crippen LogP contribution in [0, 0.1) is 12.8 Å². The fraction of sp³-hybridized carbons (Fsp3) is 0.889. The molecule has 0 aromatic rings. The van der Waals surface area contributed by atoms with E-state index in [-0.39, 0.29) is 32.7 Å². The van der Waals surface area contributed by atoms with Gasteiger partial charge in [-0.05, 0) is 6.16 Å². The van der Waals surface area contributed by atoms with E-state index in [4.69, 9.17) is 0 Å². The molecule has 0 nitrogen and oxygen atoms in total. The maximum absolute atomic E-state index is 3.85. The second-order valence-electron chi connectivity index (χ2n) is 2.65. The number of rotatable bonds is 4. The van der Waals surface area contributed by atoms with Crippen LogP contribution in [-0.2, 0) is 32.7 Å². The Bertz CT molecular complexity index is 54.5. The Morgan fingerprint density at radius 2 is 1.75 bits per heavy atom. The van der Waals surface area contributed by atoms with E-state index in [0.29, 0.717) is 5.92 Å².